The quantitative estimate of drug-likeness (QED) is 0.0167. The number of guanidine groups is 1. The molecule has 10 atom stereocenters. The highest BCUT2D eigenvalue weighted by Crippen LogP contribution is 2.22. The summed E-state index contributed by atoms with van der Waals surface area (Å²) in [5.41, 5.74) is 19.1. The predicted molar refractivity (Wildman–Crippen MR) is 327 cm³/mol. The summed E-state index contributed by atoms with van der Waals surface area (Å²) in [6, 6.07) is 3.56. The van der Waals surface area contributed by atoms with E-state index >= 15 is 0 Å². The zero-order chi connectivity index (χ0) is 65.9. The smallest absolute Gasteiger partial charge is 0.326 e. The second-order valence-electron chi connectivity index (χ2n) is 22.8. The summed E-state index contributed by atoms with van der Waals surface area (Å²) in [6.07, 6.45) is 6.94. The molecule has 18 N–H and O–H groups in total. The predicted octanol–water partition coefficient (Wildman–Crippen LogP) is -0.202. The van der Waals surface area contributed by atoms with Crippen LogP contribution >= 0.6 is 0 Å². The van der Waals surface area contributed by atoms with Crippen LogP contribution in [0.15, 0.2) is 84.6 Å². The summed E-state index contributed by atoms with van der Waals surface area (Å²) >= 11 is 0. The average Bonchev–Trinajstić information content (AvgIpc) is 2.66. The summed E-state index contributed by atoms with van der Waals surface area (Å²) in [5, 5.41) is 46.6. The number of aromatic hydroxyl groups is 1. The van der Waals surface area contributed by atoms with Gasteiger partial charge in [0.1, 0.15) is 54.1 Å². The van der Waals surface area contributed by atoms with Gasteiger partial charge in [0.25, 0.3) is 5.97 Å². The number of nitrogens with zero attached hydrogens (tertiary/aromatic N) is 4. The molecular weight excluding hydrogens is 1150 g/mol. The van der Waals surface area contributed by atoms with Gasteiger partial charge in [-0.05, 0) is 73.1 Å². The van der Waals surface area contributed by atoms with Crippen LogP contribution in [0.4, 0.5) is 0 Å². The number of benzene rings is 2. The number of rotatable bonds is 33. The van der Waals surface area contributed by atoms with E-state index < -0.39 is 125 Å². The Morgan fingerprint density at radius 2 is 1.15 bits per heavy atom. The first-order valence-electron chi connectivity index (χ1n) is 29.6. The lowest BCUT2D eigenvalue weighted by atomic mass is 9.96. The van der Waals surface area contributed by atoms with Gasteiger partial charge in [0.05, 0.1) is 18.7 Å². The molecule has 29 nitrogen and oxygen atoms in total. The van der Waals surface area contributed by atoms with Crippen molar-refractivity contribution in [3.05, 3.63) is 102 Å². The molecule has 8 amide bonds. The molecule has 0 bridgehead atoms. The number of H-pyrrole nitrogens is 2. The number of nitrogens with one attached hydrogen (secondary N) is 9. The fourth-order valence-corrected chi connectivity index (χ4v) is 9.71. The SMILES string of the molecule is CC(=O)O.CC[C@H](C)[C@H](NC(=O)[C@H](Cc1ccc(O)cc1)NC(=O)[C@@H](NC(=O)[C@@H](N)CCCN=C(N)N)C(C)C)C(=O)N[C@@H](Cc1cnc[nH]1)C(=O)N1CCC[C@H]1C(=O)N[C@@H](Cc1ccccc1)C(=O)N[C@@H](Cc1cnc[nH]1)C(=O)N[C@@H](CC(C)C)C(=O)O. The normalized spacial score (nSPS) is 15.8. The monoisotopic (exact) mass is 1240 g/mol. The summed E-state index contributed by atoms with van der Waals surface area (Å²) in [5.74, 6) is -9.14. The zero-order valence-electron chi connectivity index (χ0n) is 51.4. The summed E-state index contributed by atoms with van der Waals surface area (Å²) < 4.78 is 0. The van der Waals surface area contributed by atoms with Crippen LogP contribution in [0.1, 0.15) is 110 Å². The van der Waals surface area contributed by atoms with E-state index in [2.05, 4.69) is 62.1 Å². The molecule has 0 unspecified atom stereocenters. The van der Waals surface area contributed by atoms with Gasteiger partial charge in [0, 0.05) is 69.5 Å². The van der Waals surface area contributed by atoms with Crippen molar-refractivity contribution < 1.29 is 63.3 Å². The van der Waals surface area contributed by atoms with Crippen LogP contribution < -0.4 is 54.4 Å². The van der Waals surface area contributed by atoms with Crippen LogP contribution in [-0.2, 0) is 73.6 Å². The van der Waals surface area contributed by atoms with E-state index in [1.807, 2.05) is 13.8 Å². The summed E-state index contributed by atoms with van der Waals surface area (Å²) in [4.78, 5) is 155. The van der Waals surface area contributed by atoms with Crippen LogP contribution in [0.3, 0.4) is 0 Å². The Labute approximate surface area is 516 Å². The molecule has 3 heterocycles. The number of aliphatic carboxylic acids is 2. The Morgan fingerprint density at radius 3 is 1.67 bits per heavy atom. The van der Waals surface area contributed by atoms with Gasteiger partial charge in [-0.3, -0.25) is 48.1 Å². The number of aromatic amines is 2. The Morgan fingerprint density at radius 1 is 0.652 bits per heavy atom. The van der Waals surface area contributed by atoms with Crippen LogP contribution in [0.2, 0.25) is 0 Å². The minimum absolute atomic E-state index is 0.0415. The first kappa shape index (κ1) is 72.1. The fraction of sp³-hybridized carbons (Fsp3) is 0.517. The minimum Gasteiger partial charge on any atom is -0.508 e. The number of carboxylic acids is 2. The van der Waals surface area contributed by atoms with Crippen molar-refractivity contribution >= 4 is 65.2 Å². The highest BCUT2D eigenvalue weighted by molar-refractivity contribution is 5.98. The molecule has 1 aliphatic rings. The molecule has 2 aromatic heterocycles. The van der Waals surface area contributed by atoms with E-state index in [4.69, 9.17) is 27.1 Å². The van der Waals surface area contributed by atoms with Gasteiger partial charge in [-0.2, -0.15) is 0 Å². The Bertz CT molecular complexity index is 2970. The highest BCUT2D eigenvalue weighted by atomic mass is 16.4. The molecule has 4 aromatic rings. The number of carboxylic acid groups (broad SMARTS) is 2. The first-order valence-corrected chi connectivity index (χ1v) is 29.6. The molecule has 1 saturated heterocycles. The molecule has 0 saturated carbocycles. The topological polar surface area (TPSA) is 467 Å². The lowest BCUT2D eigenvalue weighted by Gasteiger charge is -2.32. The zero-order valence-corrected chi connectivity index (χ0v) is 51.4. The van der Waals surface area contributed by atoms with Crippen LogP contribution in [0.25, 0.3) is 0 Å². The number of hydrogen-bond donors (Lipinski definition) is 15. The Balaban J connectivity index is 0.00000410. The Kier molecular flexibility index (Phi) is 29.2. The maximum atomic E-state index is 15.0. The molecule has 0 aliphatic carbocycles. The van der Waals surface area contributed by atoms with Gasteiger partial charge in [0.2, 0.25) is 47.3 Å². The van der Waals surface area contributed by atoms with Gasteiger partial charge in [0.15, 0.2) is 5.96 Å². The third kappa shape index (κ3) is 24.4. The number of carbonyl (C=O) groups is 10. The molecule has 2 aromatic carbocycles. The van der Waals surface area contributed by atoms with Crippen molar-refractivity contribution in [2.75, 3.05) is 13.1 Å². The van der Waals surface area contributed by atoms with Gasteiger partial charge < -0.3 is 84.6 Å². The van der Waals surface area contributed by atoms with Crippen LogP contribution in [-0.4, -0.2) is 173 Å². The molecule has 29 heteroatoms. The number of carbonyl (C=O) groups excluding carboxylic acids is 8. The summed E-state index contributed by atoms with van der Waals surface area (Å²) in [7, 11) is 0. The van der Waals surface area contributed by atoms with E-state index in [1.54, 1.807) is 70.2 Å². The number of likely N-dealkylation sites (tertiary alicyclic amines) is 1. The van der Waals surface area contributed by atoms with Crippen molar-refractivity contribution in [3.63, 3.8) is 0 Å². The number of nitrogens with two attached hydrogens (primary N) is 3. The molecule has 0 radical (unpaired) electrons. The molecule has 5 rings (SSSR count). The van der Waals surface area contributed by atoms with E-state index in [-0.39, 0.29) is 75.7 Å². The summed E-state index contributed by atoms with van der Waals surface area (Å²) in [6.45, 7) is 12.0. The number of aromatic nitrogens is 4. The molecule has 89 heavy (non-hydrogen) atoms. The maximum Gasteiger partial charge on any atom is 0.326 e. The van der Waals surface area contributed by atoms with Gasteiger partial charge in [-0.1, -0.05) is 90.4 Å². The number of aliphatic imine (C=N–C) groups is 1. The second-order valence-corrected chi connectivity index (χ2v) is 22.8. The molecule has 486 valence electrons. The van der Waals surface area contributed by atoms with Crippen molar-refractivity contribution in [2.24, 2.45) is 39.9 Å². The van der Waals surface area contributed by atoms with E-state index in [1.165, 1.54) is 42.1 Å². The van der Waals surface area contributed by atoms with Crippen molar-refractivity contribution in [1.82, 2.24) is 62.1 Å². The van der Waals surface area contributed by atoms with E-state index in [0.717, 1.165) is 6.92 Å². The molecular formula is C60H88N16O13. The molecule has 0 spiro atoms. The standard InChI is InChI=1S/C58H84N16O11.C2H4O2/c1-7-34(6)48(73-52(79)42(25-36-17-19-39(75)20-18-36)69-54(81)47(33(4)5)72-49(76)40(59)15-11-21-64-58(60)61)55(82)70-44(27-38-29-63-31-66-38)56(83)74-22-12-16-46(74)53(80)68-41(24-35-13-9-8-10-14-35)50(77)67-43(26-37-28-62-30-65-37)51(78)71-45(57(84)85)23-32(2)3;1-2(3)4/h8-10,13-14,17-20,28-34,40-48,75H,7,11-12,15-16,21-27,59H2,1-6H3,(H,62,65)(H,63,66)(H,67,77)(H,68,80)(H,69,81)(H,70,82)(H,71,78)(H,72,76)(H,73,79)(H,84,85)(H4,60,61,64);1H3,(H,3,4)/t34-,40-,41-,42-,43-,44-,45-,46-,47-,48-;/m0./s1. The largest absolute Gasteiger partial charge is 0.508 e. The van der Waals surface area contributed by atoms with Crippen molar-refractivity contribution in [1.29, 1.82) is 0 Å². The third-order valence-electron chi connectivity index (χ3n) is 14.6. The maximum absolute atomic E-state index is 15.0. The van der Waals surface area contributed by atoms with Crippen LogP contribution in [0.5, 0.6) is 5.75 Å². The molecule has 1 fully saturated rings. The number of imidazole rings is 2. The number of amides is 8. The van der Waals surface area contributed by atoms with Crippen molar-refractivity contribution in [2.45, 2.75) is 167 Å². The lowest BCUT2D eigenvalue weighted by Crippen LogP contribution is -2.62. The third-order valence-corrected chi connectivity index (χ3v) is 14.6. The Hall–Kier alpha value is -9.41. The molecule has 1 aliphatic heterocycles. The van der Waals surface area contributed by atoms with Crippen molar-refractivity contribution in [3.8, 4) is 5.75 Å². The van der Waals surface area contributed by atoms with Gasteiger partial charge >= 0.3 is 5.97 Å². The lowest BCUT2D eigenvalue weighted by molar-refractivity contribution is -0.143. The van der Waals surface area contributed by atoms with E-state index in [0.29, 0.717) is 41.8 Å². The number of phenolic OH excluding ortho intramolecular Hbond substituents is 1. The number of phenols is 1. The average molecular weight is 1240 g/mol. The second kappa shape index (κ2) is 36.0. The fourth-order valence-electron chi connectivity index (χ4n) is 9.71. The first-order chi connectivity index (χ1) is 42.2. The van der Waals surface area contributed by atoms with Gasteiger partial charge in [-0.25, -0.2) is 14.8 Å². The highest BCUT2D eigenvalue weighted by Gasteiger charge is 2.41. The number of hydrogen-bond acceptors (Lipinski definition) is 15. The van der Waals surface area contributed by atoms with Gasteiger partial charge in [-0.15, -0.1) is 0 Å². The minimum atomic E-state index is -1.35. The van der Waals surface area contributed by atoms with Crippen LogP contribution in [0, 0.1) is 17.8 Å². The van der Waals surface area contributed by atoms with E-state index in [9.17, 15) is 53.4 Å².